The molecule has 1 spiro atoms. The summed E-state index contributed by atoms with van der Waals surface area (Å²) in [5.74, 6) is 0. The van der Waals surface area contributed by atoms with Crippen LogP contribution < -0.4 is 4.90 Å². The fourth-order valence-electron chi connectivity index (χ4n) is 10.5. The highest BCUT2D eigenvalue weighted by Gasteiger charge is 2.51. The molecule has 1 atom stereocenters. The standard InChI is InChI=1S/C56H39NS/c1-55(2)47-20-10-8-18-43(47)45-31-29-41(35-51(45)55)57(39-27-24-37(25-28-39)36-14-4-3-5-15-36)40-30-32-49-46(34-40)44-19-9-11-21-48(44)56(49)50-22-12-13-23-52(50)58-53-33-26-38-16-6-7-17-42(38)54(53)56/h3-35H,1-2H3. The van der Waals surface area contributed by atoms with Crippen molar-refractivity contribution in [1.82, 2.24) is 0 Å². The summed E-state index contributed by atoms with van der Waals surface area (Å²) in [7, 11) is 0. The van der Waals surface area contributed by atoms with Crippen LogP contribution in [-0.4, -0.2) is 0 Å². The first kappa shape index (κ1) is 33.5. The summed E-state index contributed by atoms with van der Waals surface area (Å²) in [5, 5.41) is 2.59. The lowest BCUT2D eigenvalue weighted by atomic mass is 9.66. The minimum atomic E-state index is -0.464. The van der Waals surface area contributed by atoms with Gasteiger partial charge in [-0.3, -0.25) is 0 Å². The second-order valence-electron chi connectivity index (χ2n) is 16.4. The molecule has 1 heterocycles. The predicted octanol–water partition coefficient (Wildman–Crippen LogP) is 15.1. The molecule has 9 aromatic carbocycles. The zero-order chi connectivity index (χ0) is 38.6. The van der Waals surface area contributed by atoms with Gasteiger partial charge in [-0.2, -0.15) is 0 Å². The molecule has 58 heavy (non-hydrogen) atoms. The predicted molar refractivity (Wildman–Crippen MR) is 243 cm³/mol. The van der Waals surface area contributed by atoms with Crippen molar-refractivity contribution < 1.29 is 0 Å². The molecular weight excluding hydrogens is 719 g/mol. The van der Waals surface area contributed by atoms with Crippen LogP contribution in [0.4, 0.5) is 17.1 Å². The lowest BCUT2D eigenvalue weighted by Crippen LogP contribution is -2.32. The van der Waals surface area contributed by atoms with Crippen molar-refractivity contribution in [2.24, 2.45) is 0 Å². The smallest absolute Gasteiger partial charge is 0.0741 e. The Labute approximate surface area is 344 Å². The van der Waals surface area contributed by atoms with Gasteiger partial charge in [0.2, 0.25) is 0 Å². The van der Waals surface area contributed by atoms with Gasteiger partial charge in [0.25, 0.3) is 0 Å². The van der Waals surface area contributed by atoms with E-state index in [0.29, 0.717) is 0 Å². The van der Waals surface area contributed by atoms with Crippen molar-refractivity contribution in [3.05, 3.63) is 234 Å². The topological polar surface area (TPSA) is 3.24 Å². The van der Waals surface area contributed by atoms with Gasteiger partial charge in [-0.1, -0.05) is 177 Å². The molecule has 1 unspecified atom stereocenters. The van der Waals surface area contributed by atoms with Gasteiger partial charge in [-0.25, -0.2) is 0 Å². The third-order valence-corrected chi connectivity index (χ3v) is 14.3. The maximum Gasteiger partial charge on any atom is 0.0741 e. The minimum Gasteiger partial charge on any atom is -0.310 e. The SMILES string of the molecule is CC1(C)c2ccccc2-c2ccc(N(c3ccc(-c4ccccc4)cc3)c3ccc4c(c3)-c3ccccc3C43c4ccccc4Sc4ccc5ccccc5c43)cc21. The molecular formula is C56H39NS. The fraction of sp³-hybridized carbons (Fsp3) is 0.0714. The van der Waals surface area contributed by atoms with E-state index in [9.17, 15) is 0 Å². The van der Waals surface area contributed by atoms with Crippen LogP contribution in [0.2, 0.25) is 0 Å². The van der Waals surface area contributed by atoms with E-state index in [0.717, 1.165) is 17.1 Å². The van der Waals surface area contributed by atoms with Crippen LogP contribution >= 0.6 is 11.8 Å². The molecule has 9 aromatic rings. The van der Waals surface area contributed by atoms with E-state index in [4.69, 9.17) is 0 Å². The Bertz CT molecular complexity index is 3120. The van der Waals surface area contributed by atoms with Crippen LogP contribution in [0.15, 0.2) is 210 Å². The molecule has 0 aromatic heterocycles. The Morgan fingerprint density at radius 3 is 1.79 bits per heavy atom. The summed E-state index contributed by atoms with van der Waals surface area (Å²) in [4.78, 5) is 5.11. The molecule has 0 amide bonds. The largest absolute Gasteiger partial charge is 0.310 e. The molecule has 1 nitrogen and oxygen atoms in total. The molecule has 1 aliphatic heterocycles. The van der Waals surface area contributed by atoms with Gasteiger partial charge in [0, 0.05) is 32.3 Å². The van der Waals surface area contributed by atoms with Crippen LogP contribution in [0, 0.1) is 0 Å². The van der Waals surface area contributed by atoms with Crippen LogP contribution in [0.25, 0.3) is 44.2 Å². The number of fused-ring (bicyclic) bond motifs is 14. The summed E-state index contributed by atoms with van der Waals surface area (Å²) in [6.07, 6.45) is 0. The average Bonchev–Trinajstić information content (AvgIpc) is 3.69. The quantitative estimate of drug-likeness (QED) is 0.176. The van der Waals surface area contributed by atoms with Gasteiger partial charge in [0.15, 0.2) is 0 Å². The average molecular weight is 758 g/mol. The van der Waals surface area contributed by atoms with Gasteiger partial charge in [-0.15, -0.1) is 0 Å². The van der Waals surface area contributed by atoms with Gasteiger partial charge in [0.05, 0.1) is 5.41 Å². The zero-order valence-electron chi connectivity index (χ0n) is 32.4. The van der Waals surface area contributed by atoms with E-state index in [-0.39, 0.29) is 5.41 Å². The van der Waals surface area contributed by atoms with Crippen molar-refractivity contribution >= 4 is 39.6 Å². The molecule has 274 valence electrons. The first-order chi connectivity index (χ1) is 28.5. The normalized spacial score (nSPS) is 16.2. The highest BCUT2D eigenvalue weighted by atomic mass is 32.2. The van der Waals surface area contributed by atoms with Crippen molar-refractivity contribution in [2.75, 3.05) is 4.90 Å². The first-order valence-electron chi connectivity index (χ1n) is 20.3. The number of rotatable bonds is 4. The highest BCUT2D eigenvalue weighted by molar-refractivity contribution is 7.99. The summed E-state index contributed by atoms with van der Waals surface area (Å²) in [6.45, 7) is 4.74. The monoisotopic (exact) mass is 757 g/mol. The molecule has 0 bridgehead atoms. The van der Waals surface area contributed by atoms with Gasteiger partial charge in [0.1, 0.15) is 0 Å². The molecule has 0 saturated heterocycles. The van der Waals surface area contributed by atoms with Crippen LogP contribution in [-0.2, 0) is 10.8 Å². The van der Waals surface area contributed by atoms with Crippen molar-refractivity contribution in [2.45, 2.75) is 34.5 Å². The van der Waals surface area contributed by atoms with Gasteiger partial charge in [-0.05, 0) is 126 Å². The number of hydrogen-bond acceptors (Lipinski definition) is 2. The summed E-state index contributed by atoms with van der Waals surface area (Å²) >= 11 is 1.91. The fourth-order valence-corrected chi connectivity index (χ4v) is 11.7. The van der Waals surface area contributed by atoms with E-state index >= 15 is 0 Å². The van der Waals surface area contributed by atoms with Gasteiger partial charge >= 0.3 is 0 Å². The molecule has 0 fully saturated rings. The Balaban J connectivity index is 1.10. The van der Waals surface area contributed by atoms with Crippen LogP contribution in [0.5, 0.6) is 0 Å². The number of hydrogen-bond donors (Lipinski definition) is 0. The van der Waals surface area contributed by atoms with E-state index in [1.54, 1.807) is 0 Å². The Morgan fingerprint density at radius 1 is 0.379 bits per heavy atom. The Kier molecular flexibility index (Phi) is 7.19. The number of benzene rings is 9. The lowest BCUT2D eigenvalue weighted by molar-refractivity contribution is 0.660. The molecule has 2 heteroatoms. The maximum absolute atomic E-state index is 2.47. The summed E-state index contributed by atoms with van der Waals surface area (Å²) < 4.78 is 0. The first-order valence-corrected chi connectivity index (χ1v) is 21.1. The molecule has 0 N–H and O–H groups in total. The van der Waals surface area contributed by atoms with E-state index in [2.05, 4.69) is 219 Å². The highest BCUT2D eigenvalue weighted by Crippen LogP contribution is 2.64. The molecule has 12 rings (SSSR count). The molecule has 0 radical (unpaired) electrons. The summed E-state index contributed by atoms with van der Waals surface area (Å²) in [5.41, 5.74) is 18.7. The van der Waals surface area contributed by atoms with Crippen molar-refractivity contribution in [3.63, 3.8) is 0 Å². The van der Waals surface area contributed by atoms with E-state index < -0.39 is 5.41 Å². The zero-order valence-corrected chi connectivity index (χ0v) is 33.2. The third kappa shape index (κ3) is 4.61. The van der Waals surface area contributed by atoms with Crippen LogP contribution in [0.3, 0.4) is 0 Å². The molecule has 2 aliphatic carbocycles. The number of anilines is 3. The molecule has 3 aliphatic rings. The minimum absolute atomic E-state index is 0.115. The van der Waals surface area contributed by atoms with Crippen LogP contribution in [0.1, 0.15) is 47.2 Å². The van der Waals surface area contributed by atoms with E-state index in [1.807, 2.05) is 11.8 Å². The Morgan fingerprint density at radius 2 is 0.966 bits per heavy atom. The maximum atomic E-state index is 2.47. The molecule has 0 saturated carbocycles. The second-order valence-corrected chi connectivity index (χ2v) is 17.5. The Hall–Kier alpha value is -6.61. The van der Waals surface area contributed by atoms with Crippen molar-refractivity contribution in [1.29, 1.82) is 0 Å². The van der Waals surface area contributed by atoms with Crippen molar-refractivity contribution in [3.8, 4) is 33.4 Å². The third-order valence-electron chi connectivity index (χ3n) is 13.1. The second kappa shape index (κ2) is 12.4. The van der Waals surface area contributed by atoms with E-state index in [1.165, 1.54) is 87.3 Å². The van der Waals surface area contributed by atoms with Gasteiger partial charge < -0.3 is 4.90 Å². The number of nitrogens with zero attached hydrogens (tertiary/aromatic N) is 1. The summed E-state index contributed by atoms with van der Waals surface area (Å²) in [6, 6.07) is 74.9. The lowest BCUT2D eigenvalue weighted by Gasteiger charge is -2.40.